The van der Waals surface area contributed by atoms with Gasteiger partial charge in [-0.25, -0.2) is 4.39 Å². The molecule has 0 aliphatic carbocycles. The van der Waals surface area contributed by atoms with Crippen LogP contribution < -0.4 is 5.32 Å². The van der Waals surface area contributed by atoms with Crippen molar-refractivity contribution in [2.75, 3.05) is 6.54 Å². The highest BCUT2D eigenvalue weighted by atomic mass is 35.5. The fraction of sp³-hybridized carbons (Fsp3) is 0.385. The predicted molar refractivity (Wildman–Crippen MR) is 69.0 cm³/mol. The summed E-state index contributed by atoms with van der Waals surface area (Å²) in [4.78, 5) is 24.8. The molecule has 0 aromatic heterocycles. The SMILES string of the molecule is CC1CC(=O)NCC(=O)N1Cc1cc(Cl)ccc1F. The van der Waals surface area contributed by atoms with Gasteiger partial charge in [0.15, 0.2) is 0 Å². The number of carbonyl (C=O) groups excluding carboxylic acids is 2. The third-order valence-electron chi connectivity index (χ3n) is 3.12. The van der Waals surface area contributed by atoms with Crippen LogP contribution in [0.25, 0.3) is 0 Å². The normalized spacial score (nSPS) is 20.2. The molecule has 19 heavy (non-hydrogen) atoms. The first-order chi connectivity index (χ1) is 8.97. The Morgan fingerprint density at radius 2 is 2.21 bits per heavy atom. The molecule has 1 unspecified atom stereocenters. The van der Waals surface area contributed by atoms with Gasteiger partial charge in [0.05, 0.1) is 6.54 Å². The minimum absolute atomic E-state index is 0.0502. The van der Waals surface area contributed by atoms with E-state index in [-0.39, 0.29) is 37.4 Å². The van der Waals surface area contributed by atoms with E-state index in [2.05, 4.69) is 5.32 Å². The second-order valence-corrected chi connectivity index (χ2v) is 5.02. The van der Waals surface area contributed by atoms with E-state index in [4.69, 9.17) is 11.6 Å². The summed E-state index contributed by atoms with van der Waals surface area (Å²) in [5, 5.41) is 2.93. The van der Waals surface area contributed by atoms with Crippen LogP contribution in [0.2, 0.25) is 5.02 Å². The van der Waals surface area contributed by atoms with Gasteiger partial charge in [0.2, 0.25) is 11.8 Å². The van der Waals surface area contributed by atoms with Crippen molar-refractivity contribution in [3.8, 4) is 0 Å². The molecule has 102 valence electrons. The summed E-state index contributed by atoms with van der Waals surface area (Å²) in [6.45, 7) is 1.83. The molecule has 0 spiro atoms. The van der Waals surface area contributed by atoms with Crippen LogP contribution in [0.1, 0.15) is 18.9 Å². The number of hydrogen-bond donors (Lipinski definition) is 1. The molecule has 4 nitrogen and oxygen atoms in total. The highest BCUT2D eigenvalue weighted by Gasteiger charge is 2.27. The Hall–Kier alpha value is -1.62. The molecule has 1 heterocycles. The van der Waals surface area contributed by atoms with Crippen LogP contribution in [0.15, 0.2) is 18.2 Å². The summed E-state index contributed by atoms with van der Waals surface area (Å²) in [6.07, 6.45) is 0.216. The average Bonchev–Trinajstić information content (AvgIpc) is 2.47. The van der Waals surface area contributed by atoms with E-state index in [0.717, 1.165) is 0 Å². The molecule has 2 amide bonds. The number of hydrogen-bond acceptors (Lipinski definition) is 2. The van der Waals surface area contributed by atoms with Crippen molar-refractivity contribution < 1.29 is 14.0 Å². The Morgan fingerprint density at radius 3 is 2.95 bits per heavy atom. The number of halogens is 2. The molecule has 1 aromatic carbocycles. The van der Waals surface area contributed by atoms with Crippen molar-refractivity contribution >= 4 is 23.4 Å². The molecule has 1 N–H and O–H groups in total. The fourth-order valence-corrected chi connectivity index (χ4v) is 2.26. The molecule has 1 aliphatic rings. The highest BCUT2D eigenvalue weighted by molar-refractivity contribution is 6.30. The summed E-state index contributed by atoms with van der Waals surface area (Å²) in [6, 6.07) is 3.96. The zero-order valence-electron chi connectivity index (χ0n) is 10.5. The lowest BCUT2D eigenvalue weighted by Gasteiger charge is -2.26. The van der Waals surface area contributed by atoms with Gasteiger partial charge in [0, 0.05) is 29.6 Å². The van der Waals surface area contributed by atoms with Crippen molar-refractivity contribution in [3.63, 3.8) is 0 Å². The van der Waals surface area contributed by atoms with E-state index >= 15 is 0 Å². The molecule has 1 aromatic rings. The number of amides is 2. The average molecular weight is 285 g/mol. The molecule has 1 fully saturated rings. The Kier molecular flexibility index (Phi) is 4.04. The third-order valence-corrected chi connectivity index (χ3v) is 3.35. The molecular weight excluding hydrogens is 271 g/mol. The highest BCUT2D eigenvalue weighted by Crippen LogP contribution is 2.19. The lowest BCUT2D eigenvalue weighted by atomic mass is 10.1. The number of nitrogens with zero attached hydrogens (tertiary/aromatic N) is 1. The maximum atomic E-state index is 13.7. The molecule has 1 aliphatic heterocycles. The van der Waals surface area contributed by atoms with Crippen molar-refractivity contribution in [2.45, 2.75) is 25.9 Å². The van der Waals surface area contributed by atoms with Gasteiger partial charge in [0.1, 0.15) is 5.82 Å². The first-order valence-electron chi connectivity index (χ1n) is 5.97. The number of carbonyl (C=O) groups is 2. The molecule has 2 rings (SSSR count). The number of benzene rings is 1. The van der Waals surface area contributed by atoms with E-state index in [1.807, 2.05) is 0 Å². The minimum Gasteiger partial charge on any atom is -0.347 e. The van der Waals surface area contributed by atoms with Crippen LogP contribution in [0.4, 0.5) is 4.39 Å². The summed E-state index contributed by atoms with van der Waals surface area (Å²) in [5.74, 6) is -0.805. The van der Waals surface area contributed by atoms with E-state index < -0.39 is 5.82 Å². The summed E-state index contributed by atoms with van der Waals surface area (Å²) in [5.41, 5.74) is 0.349. The first-order valence-corrected chi connectivity index (χ1v) is 6.35. The lowest BCUT2D eigenvalue weighted by molar-refractivity contribution is -0.132. The van der Waals surface area contributed by atoms with Crippen molar-refractivity contribution in [1.29, 1.82) is 0 Å². The van der Waals surface area contributed by atoms with Gasteiger partial charge in [-0.2, -0.15) is 0 Å². The molecule has 6 heteroatoms. The summed E-state index contributed by atoms with van der Waals surface area (Å²) >= 11 is 5.83. The molecular formula is C13H14ClFN2O2. The second kappa shape index (κ2) is 5.57. The van der Waals surface area contributed by atoms with Crippen LogP contribution in [0.3, 0.4) is 0 Å². The zero-order chi connectivity index (χ0) is 14.0. The molecule has 1 saturated heterocycles. The molecule has 0 radical (unpaired) electrons. The Bertz CT molecular complexity index is 521. The van der Waals surface area contributed by atoms with Crippen molar-refractivity contribution in [3.05, 3.63) is 34.6 Å². The zero-order valence-corrected chi connectivity index (χ0v) is 11.2. The monoisotopic (exact) mass is 284 g/mol. The van der Waals surface area contributed by atoms with E-state index in [1.54, 1.807) is 6.92 Å². The Balaban J connectivity index is 2.22. The number of rotatable bonds is 2. The Morgan fingerprint density at radius 1 is 1.47 bits per heavy atom. The Labute approximate surface area is 115 Å². The standard InChI is InChI=1S/C13H14ClFN2O2/c1-8-4-12(18)16-6-13(19)17(8)7-9-5-10(14)2-3-11(9)15/h2-3,5,8H,4,6-7H2,1H3,(H,16,18). The van der Waals surface area contributed by atoms with Crippen LogP contribution in [-0.4, -0.2) is 29.3 Å². The summed E-state index contributed by atoms with van der Waals surface area (Å²) in [7, 11) is 0. The van der Waals surface area contributed by atoms with Gasteiger partial charge < -0.3 is 10.2 Å². The van der Waals surface area contributed by atoms with Gasteiger partial charge in [-0.05, 0) is 25.1 Å². The minimum atomic E-state index is -0.409. The molecule has 0 saturated carbocycles. The predicted octanol–water partition coefficient (Wildman–Crippen LogP) is 1.72. The topological polar surface area (TPSA) is 49.4 Å². The second-order valence-electron chi connectivity index (χ2n) is 4.59. The maximum absolute atomic E-state index is 13.7. The quantitative estimate of drug-likeness (QED) is 0.899. The van der Waals surface area contributed by atoms with Gasteiger partial charge in [0.25, 0.3) is 0 Å². The van der Waals surface area contributed by atoms with E-state index in [1.165, 1.54) is 23.1 Å². The number of nitrogens with one attached hydrogen (secondary N) is 1. The third kappa shape index (κ3) is 3.23. The molecule has 1 atom stereocenters. The maximum Gasteiger partial charge on any atom is 0.242 e. The van der Waals surface area contributed by atoms with Gasteiger partial charge in [-0.1, -0.05) is 11.6 Å². The van der Waals surface area contributed by atoms with E-state index in [9.17, 15) is 14.0 Å². The first kappa shape index (κ1) is 13.8. The van der Waals surface area contributed by atoms with Gasteiger partial charge in [-0.15, -0.1) is 0 Å². The van der Waals surface area contributed by atoms with E-state index in [0.29, 0.717) is 10.6 Å². The van der Waals surface area contributed by atoms with Crippen LogP contribution in [-0.2, 0) is 16.1 Å². The lowest BCUT2D eigenvalue weighted by Crippen LogP contribution is -2.39. The van der Waals surface area contributed by atoms with Gasteiger partial charge >= 0.3 is 0 Å². The van der Waals surface area contributed by atoms with Crippen LogP contribution in [0, 0.1) is 5.82 Å². The van der Waals surface area contributed by atoms with Crippen molar-refractivity contribution in [1.82, 2.24) is 10.2 Å². The fourth-order valence-electron chi connectivity index (χ4n) is 2.06. The summed E-state index contributed by atoms with van der Waals surface area (Å²) < 4.78 is 13.7. The van der Waals surface area contributed by atoms with Crippen LogP contribution in [0.5, 0.6) is 0 Å². The largest absolute Gasteiger partial charge is 0.347 e. The smallest absolute Gasteiger partial charge is 0.242 e. The van der Waals surface area contributed by atoms with Crippen molar-refractivity contribution in [2.24, 2.45) is 0 Å². The van der Waals surface area contributed by atoms with Gasteiger partial charge in [-0.3, -0.25) is 9.59 Å². The van der Waals surface area contributed by atoms with Crippen LogP contribution >= 0.6 is 11.6 Å². The molecule has 0 bridgehead atoms.